The largest absolute Gasteiger partial charge is 0.415 e. The lowest BCUT2D eigenvalue weighted by Gasteiger charge is -2.31. The molecule has 98 valence electrons. The number of halogens is 3. The van der Waals surface area contributed by atoms with Gasteiger partial charge in [0.05, 0.1) is 0 Å². The van der Waals surface area contributed by atoms with Crippen LogP contribution in [0.4, 0.5) is 18.9 Å². The number of nitrogens with zero attached hydrogens (tertiary/aromatic N) is 1. The Hall–Kier alpha value is -1.56. The Morgan fingerprint density at radius 3 is 2.56 bits per heavy atom. The Labute approximate surface area is 102 Å². The number of hydrogen-bond acceptors (Lipinski definition) is 2. The van der Waals surface area contributed by atoms with Crippen molar-refractivity contribution in [1.29, 1.82) is 0 Å². The summed E-state index contributed by atoms with van der Waals surface area (Å²) in [5.74, 6) is -1.11. The number of anilines is 1. The predicted octanol–water partition coefficient (Wildman–Crippen LogP) is 1.86. The van der Waals surface area contributed by atoms with Crippen molar-refractivity contribution in [3.63, 3.8) is 0 Å². The zero-order valence-corrected chi connectivity index (χ0v) is 9.79. The van der Waals surface area contributed by atoms with Crippen molar-refractivity contribution in [3.8, 4) is 0 Å². The topological polar surface area (TPSA) is 46.3 Å². The summed E-state index contributed by atoms with van der Waals surface area (Å²) in [6.45, 7) is 0.942. The first-order valence-corrected chi connectivity index (χ1v) is 5.50. The molecule has 2 N–H and O–H groups in total. The predicted molar refractivity (Wildman–Crippen MR) is 61.1 cm³/mol. The van der Waals surface area contributed by atoms with E-state index >= 15 is 0 Å². The summed E-state index contributed by atoms with van der Waals surface area (Å²) >= 11 is 0. The lowest BCUT2D eigenvalue weighted by Crippen LogP contribution is -2.62. The van der Waals surface area contributed by atoms with Gasteiger partial charge in [-0.1, -0.05) is 18.2 Å². The number of carbonyl (C=O) groups is 1. The van der Waals surface area contributed by atoms with Gasteiger partial charge >= 0.3 is 6.18 Å². The molecule has 0 radical (unpaired) electrons. The van der Waals surface area contributed by atoms with Gasteiger partial charge in [0, 0.05) is 12.2 Å². The zero-order chi connectivity index (χ0) is 13.6. The molecule has 3 nitrogen and oxygen atoms in total. The monoisotopic (exact) mass is 258 g/mol. The van der Waals surface area contributed by atoms with Crippen molar-refractivity contribution >= 4 is 11.6 Å². The van der Waals surface area contributed by atoms with Gasteiger partial charge in [0.25, 0.3) is 5.91 Å². The average molecular weight is 258 g/mol. The molecular formula is C12H13F3N2O. The van der Waals surface area contributed by atoms with E-state index in [1.54, 1.807) is 24.3 Å². The summed E-state index contributed by atoms with van der Waals surface area (Å²) in [6, 6.07) is 6.90. The van der Waals surface area contributed by atoms with Crippen molar-refractivity contribution < 1.29 is 18.0 Å². The first-order valence-electron chi connectivity index (χ1n) is 5.50. The average Bonchev–Trinajstić information content (AvgIpc) is 2.70. The second-order valence-corrected chi connectivity index (χ2v) is 4.54. The van der Waals surface area contributed by atoms with Crippen LogP contribution in [0.2, 0.25) is 0 Å². The summed E-state index contributed by atoms with van der Waals surface area (Å²) in [5.41, 5.74) is 3.68. The smallest absolute Gasteiger partial charge is 0.310 e. The fourth-order valence-corrected chi connectivity index (χ4v) is 1.95. The van der Waals surface area contributed by atoms with E-state index in [0.29, 0.717) is 19.0 Å². The summed E-state index contributed by atoms with van der Waals surface area (Å²) in [6.07, 6.45) is -4.21. The molecule has 1 aliphatic heterocycles. The van der Waals surface area contributed by atoms with Crippen LogP contribution in [-0.4, -0.2) is 24.2 Å². The highest BCUT2D eigenvalue weighted by Crippen LogP contribution is 2.34. The van der Waals surface area contributed by atoms with Gasteiger partial charge in [-0.25, -0.2) is 0 Å². The molecule has 1 unspecified atom stereocenters. The van der Waals surface area contributed by atoms with Gasteiger partial charge in [0.15, 0.2) is 5.54 Å². The molecule has 0 aromatic heterocycles. The summed E-state index contributed by atoms with van der Waals surface area (Å²) in [5, 5.41) is 0. The second-order valence-electron chi connectivity index (χ2n) is 4.54. The van der Waals surface area contributed by atoms with E-state index in [0.717, 1.165) is 10.5 Å². The minimum absolute atomic E-state index is 0.237. The van der Waals surface area contributed by atoms with Crippen LogP contribution < -0.4 is 10.6 Å². The molecule has 1 aliphatic rings. The molecule has 2 rings (SSSR count). The number of nitrogens with two attached hydrogens (primary N) is 1. The third-order valence-corrected chi connectivity index (χ3v) is 3.17. The van der Waals surface area contributed by atoms with E-state index in [1.165, 1.54) is 0 Å². The fourth-order valence-electron chi connectivity index (χ4n) is 1.95. The van der Waals surface area contributed by atoms with Crippen molar-refractivity contribution in [2.24, 2.45) is 5.73 Å². The van der Waals surface area contributed by atoms with Gasteiger partial charge < -0.3 is 10.6 Å². The third kappa shape index (κ3) is 1.86. The van der Waals surface area contributed by atoms with Gasteiger partial charge in [0.2, 0.25) is 0 Å². The van der Waals surface area contributed by atoms with Crippen LogP contribution in [0.3, 0.4) is 0 Å². The molecule has 6 heteroatoms. The van der Waals surface area contributed by atoms with E-state index in [-0.39, 0.29) is 6.54 Å². The van der Waals surface area contributed by atoms with Crippen LogP contribution in [0.1, 0.15) is 12.5 Å². The normalized spacial score (nSPS) is 18.4. The number of para-hydroxylation sites is 1. The molecule has 1 amide bonds. The lowest BCUT2D eigenvalue weighted by molar-refractivity contribution is -0.185. The highest BCUT2D eigenvalue weighted by molar-refractivity contribution is 6.02. The zero-order valence-electron chi connectivity index (χ0n) is 9.79. The molecule has 0 bridgehead atoms. The molecule has 1 heterocycles. The molecule has 0 fully saturated rings. The van der Waals surface area contributed by atoms with Gasteiger partial charge in [0.1, 0.15) is 0 Å². The van der Waals surface area contributed by atoms with Gasteiger partial charge in [-0.05, 0) is 25.0 Å². The number of amides is 1. The Kier molecular flexibility index (Phi) is 2.85. The maximum Gasteiger partial charge on any atom is 0.415 e. The van der Waals surface area contributed by atoms with Gasteiger partial charge in [-0.15, -0.1) is 0 Å². The summed E-state index contributed by atoms with van der Waals surface area (Å²) < 4.78 is 38.2. The van der Waals surface area contributed by atoms with Gasteiger partial charge in [-0.3, -0.25) is 4.79 Å². The first-order chi connectivity index (χ1) is 8.25. The maximum absolute atomic E-state index is 12.7. The van der Waals surface area contributed by atoms with Crippen LogP contribution in [0.15, 0.2) is 24.3 Å². The number of carbonyl (C=O) groups excluding carboxylic acids is 1. The molecule has 1 atom stereocenters. The molecule has 0 aliphatic carbocycles. The van der Waals surface area contributed by atoms with Crippen molar-refractivity contribution in [3.05, 3.63) is 29.8 Å². The fraction of sp³-hybridized carbons (Fsp3) is 0.417. The van der Waals surface area contributed by atoms with Crippen LogP contribution in [0, 0.1) is 0 Å². The molecule has 1 aromatic carbocycles. The first kappa shape index (κ1) is 12.9. The van der Waals surface area contributed by atoms with Crippen molar-refractivity contribution in [2.75, 3.05) is 11.4 Å². The minimum Gasteiger partial charge on any atom is -0.310 e. The van der Waals surface area contributed by atoms with Crippen molar-refractivity contribution in [1.82, 2.24) is 0 Å². The van der Waals surface area contributed by atoms with Crippen LogP contribution in [-0.2, 0) is 11.2 Å². The third-order valence-electron chi connectivity index (χ3n) is 3.17. The van der Waals surface area contributed by atoms with Crippen LogP contribution in [0.25, 0.3) is 0 Å². The Morgan fingerprint density at radius 1 is 1.33 bits per heavy atom. The summed E-state index contributed by atoms with van der Waals surface area (Å²) in [7, 11) is 0. The van der Waals surface area contributed by atoms with E-state index < -0.39 is 17.6 Å². The lowest BCUT2D eigenvalue weighted by atomic mass is 10.0. The second kappa shape index (κ2) is 3.98. The van der Waals surface area contributed by atoms with E-state index in [1.807, 2.05) is 0 Å². The SMILES string of the molecule is CC(N)(C(=O)N1CCc2ccccc21)C(F)(F)F. The minimum atomic E-state index is -4.76. The van der Waals surface area contributed by atoms with E-state index in [2.05, 4.69) is 0 Å². The maximum atomic E-state index is 12.7. The quantitative estimate of drug-likeness (QED) is 0.835. The van der Waals surface area contributed by atoms with E-state index in [4.69, 9.17) is 5.73 Å². The molecule has 18 heavy (non-hydrogen) atoms. The number of rotatable bonds is 1. The highest BCUT2D eigenvalue weighted by Gasteiger charge is 2.56. The summed E-state index contributed by atoms with van der Waals surface area (Å²) in [4.78, 5) is 13.1. The van der Waals surface area contributed by atoms with E-state index in [9.17, 15) is 18.0 Å². The molecule has 0 spiro atoms. The van der Waals surface area contributed by atoms with Crippen molar-refractivity contribution in [2.45, 2.75) is 25.1 Å². The molecule has 0 saturated carbocycles. The number of alkyl halides is 3. The number of hydrogen-bond donors (Lipinski definition) is 1. The van der Waals surface area contributed by atoms with Gasteiger partial charge in [-0.2, -0.15) is 13.2 Å². The van der Waals surface area contributed by atoms with Crippen LogP contribution >= 0.6 is 0 Å². The molecular weight excluding hydrogens is 245 g/mol. The number of fused-ring (bicyclic) bond motifs is 1. The Bertz CT molecular complexity index is 482. The number of benzene rings is 1. The molecule has 0 saturated heterocycles. The van der Waals surface area contributed by atoms with Crippen LogP contribution in [0.5, 0.6) is 0 Å². The Balaban J connectivity index is 2.33. The standard InChI is InChI=1S/C12H13F3N2O/c1-11(16,12(13,14)15)10(18)17-7-6-8-4-2-3-5-9(8)17/h2-5H,6-7,16H2,1H3. The highest BCUT2D eigenvalue weighted by atomic mass is 19.4. The Morgan fingerprint density at radius 2 is 1.94 bits per heavy atom. The molecule has 1 aromatic rings.